The van der Waals surface area contributed by atoms with E-state index >= 15 is 0 Å². The van der Waals surface area contributed by atoms with Crippen molar-refractivity contribution in [2.45, 2.75) is 20.3 Å². The van der Waals surface area contributed by atoms with E-state index in [2.05, 4.69) is 22.5 Å². The number of rotatable bonds is 3. The number of ether oxygens (including phenoxy) is 1. The molecule has 4 aromatic rings. The molecule has 8 heteroatoms. The smallest absolute Gasteiger partial charge is 0.239 e. The molecule has 3 aromatic heterocycles. The van der Waals surface area contributed by atoms with Crippen LogP contribution in [-0.4, -0.2) is 50.8 Å². The minimum Gasteiger partial charge on any atom is -0.378 e. The molecule has 4 heterocycles. The lowest BCUT2D eigenvalue weighted by Crippen LogP contribution is -2.37. The fourth-order valence-electron chi connectivity index (χ4n) is 3.53. The number of anilines is 1. The highest BCUT2D eigenvalue weighted by molar-refractivity contribution is 7.18. The maximum atomic E-state index is 5.52. The van der Waals surface area contributed by atoms with E-state index in [0.29, 0.717) is 19.2 Å². The highest BCUT2D eigenvalue weighted by atomic mass is 32.1. The van der Waals surface area contributed by atoms with Crippen LogP contribution in [0, 0.1) is 6.92 Å². The first-order chi connectivity index (χ1) is 13.2. The van der Waals surface area contributed by atoms with Gasteiger partial charge in [0, 0.05) is 19.5 Å². The molecule has 7 nitrogen and oxygen atoms in total. The lowest BCUT2D eigenvalue weighted by atomic mass is 10.3. The largest absolute Gasteiger partial charge is 0.378 e. The van der Waals surface area contributed by atoms with E-state index in [1.165, 1.54) is 0 Å². The third-order valence-corrected chi connectivity index (χ3v) is 5.66. The van der Waals surface area contributed by atoms with Gasteiger partial charge in [0.2, 0.25) is 5.95 Å². The topological polar surface area (TPSA) is 69.0 Å². The van der Waals surface area contributed by atoms with Crippen molar-refractivity contribution < 1.29 is 4.74 Å². The number of fused-ring (bicyclic) bond motifs is 2. The summed E-state index contributed by atoms with van der Waals surface area (Å²) in [4.78, 5) is 22.5. The number of hydrogen-bond donors (Lipinski definition) is 0. The number of benzene rings is 1. The Kier molecular flexibility index (Phi) is 4.02. The third-order valence-electron chi connectivity index (χ3n) is 4.79. The lowest BCUT2D eigenvalue weighted by molar-refractivity contribution is 0.122. The lowest BCUT2D eigenvalue weighted by Gasteiger charge is -2.28. The normalized spacial score (nSPS) is 15.1. The molecule has 27 heavy (non-hydrogen) atoms. The molecular formula is C19H20N6OS. The minimum absolute atomic E-state index is 0.665. The van der Waals surface area contributed by atoms with E-state index in [1.54, 1.807) is 11.3 Å². The molecule has 5 rings (SSSR count). The van der Waals surface area contributed by atoms with Gasteiger partial charge in [-0.2, -0.15) is 9.97 Å². The molecule has 1 aliphatic heterocycles. The van der Waals surface area contributed by atoms with Gasteiger partial charge in [-0.05, 0) is 19.1 Å². The summed E-state index contributed by atoms with van der Waals surface area (Å²) in [5.74, 6) is 2.52. The van der Waals surface area contributed by atoms with Gasteiger partial charge in [-0.1, -0.05) is 30.4 Å². The number of nitrogens with zero attached hydrogens (tertiary/aromatic N) is 6. The van der Waals surface area contributed by atoms with Crippen molar-refractivity contribution in [3.8, 4) is 5.95 Å². The Balaban J connectivity index is 1.77. The van der Waals surface area contributed by atoms with Crippen LogP contribution in [0.5, 0.6) is 0 Å². The first-order valence-electron chi connectivity index (χ1n) is 9.19. The third kappa shape index (κ3) is 2.76. The molecule has 1 saturated heterocycles. The zero-order valence-electron chi connectivity index (χ0n) is 15.3. The standard InChI is InChI=1S/C19H20N6OS/c1-3-15-21-13-6-4-5-7-14(13)25(15)19-22-17(24-8-10-26-11-9-24)16-18(23-19)27-12(2)20-16/h4-7H,3,8-11H2,1-2H3. The second-order valence-corrected chi connectivity index (χ2v) is 7.72. The van der Waals surface area contributed by atoms with Crippen molar-refractivity contribution in [2.75, 3.05) is 31.2 Å². The zero-order valence-corrected chi connectivity index (χ0v) is 16.2. The Labute approximate surface area is 160 Å². The van der Waals surface area contributed by atoms with Crippen LogP contribution < -0.4 is 4.90 Å². The maximum absolute atomic E-state index is 5.52. The van der Waals surface area contributed by atoms with Crippen LogP contribution in [0.1, 0.15) is 17.8 Å². The van der Waals surface area contributed by atoms with E-state index in [9.17, 15) is 0 Å². The highest BCUT2D eigenvalue weighted by Crippen LogP contribution is 2.30. The van der Waals surface area contributed by atoms with Crippen LogP contribution in [0.2, 0.25) is 0 Å². The van der Waals surface area contributed by atoms with E-state index in [1.807, 2.05) is 25.1 Å². The Hall–Kier alpha value is -2.58. The molecule has 0 radical (unpaired) electrons. The Morgan fingerprint density at radius 2 is 1.89 bits per heavy atom. The van der Waals surface area contributed by atoms with Crippen LogP contribution in [0.15, 0.2) is 24.3 Å². The number of aromatic nitrogens is 5. The van der Waals surface area contributed by atoms with Crippen molar-refractivity contribution >= 4 is 38.5 Å². The number of para-hydroxylation sites is 2. The van der Waals surface area contributed by atoms with Crippen LogP contribution in [0.3, 0.4) is 0 Å². The Bertz CT molecular complexity index is 1130. The summed E-state index contributed by atoms with van der Waals surface area (Å²) >= 11 is 1.61. The molecule has 0 aliphatic carbocycles. The number of morpholine rings is 1. The van der Waals surface area contributed by atoms with Crippen molar-refractivity contribution in [3.05, 3.63) is 35.1 Å². The second-order valence-electron chi connectivity index (χ2n) is 6.54. The number of imidazole rings is 1. The van der Waals surface area contributed by atoms with Crippen LogP contribution >= 0.6 is 11.3 Å². The number of aryl methyl sites for hydroxylation is 2. The molecule has 0 unspecified atom stereocenters. The SMILES string of the molecule is CCc1nc2ccccc2n1-c1nc(N2CCOCC2)c2nc(C)sc2n1. The average molecular weight is 380 g/mol. The molecule has 1 fully saturated rings. The van der Waals surface area contributed by atoms with Crippen molar-refractivity contribution in [2.24, 2.45) is 0 Å². The van der Waals surface area contributed by atoms with Crippen LogP contribution in [0.4, 0.5) is 5.82 Å². The predicted octanol–water partition coefficient (Wildman–Crippen LogP) is 3.13. The van der Waals surface area contributed by atoms with E-state index in [-0.39, 0.29) is 0 Å². The molecule has 0 bridgehead atoms. The van der Waals surface area contributed by atoms with Crippen molar-refractivity contribution in [1.82, 2.24) is 24.5 Å². The molecule has 0 N–H and O–H groups in total. The number of thiazole rings is 1. The first kappa shape index (κ1) is 16.6. The molecular weight excluding hydrogens is 360 g/mol. The molecule has 0 saturated carbocycles. The van der Waals surface area contributed by atoms with E-state index < -0.39 is 0 Å². The van der Waals surface area contributed by atoms with Crippen molar-refractivity contribution in [3.63, 3.8) is 0 Å². The predicted molar refractivity (Wildman–Crippen MR) is 107 cm³/mol. The summed E-state index contributed by atoms with van der Waals surface area (Å²) in [5, 5.41) is 0.997. The number of hydrogen-bond acceptors (Lipinski definition) is 7. The van der Waals surface area contributed by atoms with E-state index in [0.717, 1.165) is 57.5 Å². The molecule has 0 spiro atoms. The Morgan fingerprint density at radius 3 is 2.70 bits per heavy atom. The van der Waals surface area contributed by atoms with Gasteiger partial charge in [-0.3, -0.25) is 4.57 Å². The molecule has 0 atom stereocenters. The van der Waals surface area contributed by atoms with Gasteiger partial charge < -0.3 is 9.64 Å². The highest BCUT2D eigenvalue weighted by Gasteiger charge is 2.22. The average Bonchev–Trinajstić information content (AvgIpc) is 3.27. The van der Waals surface area contributed by atoms with Gasteiger partial charge in [-0.15, -0.1) is 0 Å². The van der Waals surface area contributed by atoms with Crippen molar-refractivity contribution in [1.29, 1.82) is 0 Å². The first-order valence-corrected chi connectivity index (χ1v) is 10.0. The monoisotopic (exact) mass is 380 g/mol. The molecule has 1 aromatic carbocycles. The molecule has 0 amide bonds. The summed E-state index contributed by atoms with van der Waals surface area (Å²) in [6.07, 6.45) is 0.810. The van der Waals surface area contributed by atoms with Gasteiger partial charge in [0.15, 0.2) is 10.6 Å². The summed E-state index contributed by atoms with van der Waals surface area (Å²) in [7, 11) is 0. The maximum Gasteiger partial charge on any atom is 0.239 e. The summed E-state index contributed by atoms with van der Waals surface area (Å²) in [5.41, 5.74) is 2.87. The minimum atomic E-state index is 0.665. The second kappa shape index (κ2) is 6.54. The van der Waals surface area contributed by atoms with Gasteiger partial charge in [-0.25, -0.2) is 9.97 Å². The summed E-state index contributed by atoms with van der Waals surface area (Å²) < 4.78 is 7.59. The quantitative estimate of drug-likeness (QED) is 0.544. The molecule has 138 valence electrons. The van der Waals surface area contributed by atoms with Gasteiger partial charge in [0.1, 0.15) is 11.3 Å². The van der Waals surface area contributed by atoms with Crippen LogP contribution in [0.25, 0.3) is 27.3 Å². The zero-order chi connectivity index (χ0) is 18.4. The van der Waals surface area contributed by atoms with Gasteiger partial charge >= 0.3 is 0 Å². The fourth-order valence-corrected chi connectivity index (χ4v) is 4.31. The summed E-state index contributed by atoms with van der Waals surface area (Å²) in [6.45, 7) is 7.16. The van der Waals surface area contributed by atoms with E-state index in [4.69, 9.17) is 24.7 Å². The van der Waals surface area contributed by atoms with Crippen LogP contribution in [-0.2, 0) is 11.2 Å². The molecule has 1 aliphatic rings. The Morgan fingerprint density at radius 1 is 1.07 bits per heavy atom. The summed E-state index contributed by atoms with van der Waals surface area (Å²) in [6, 6.07) is 8.14. The fraction of sp³-hybridized carbons (Fsp3) is 0.368. The van der Waals surface area contributed by atoms with Gasteiger partial charge in [0.05, 0.1) is 29.3 Å². The van der Waals surface area contributed by atoms with Gasteiger partial charge in [0.25, 0.3) is 0 Å².